The first-order valence-corrected chi connectivity index (χ1v) is 8.27. The van der Waals surface area contributed by atoms with E-state index in [-0.39, 0.29) is 17.3 Å². The Bertz CT molecular complexity index is 772. The number of nitrogens with one attached hydrogen (secondary N) is 1. The third-order valence-corrected chi connectivity index (χ3v) is 3.72. The van der Waals surface area contributed by atoms with Crippen molar-refractivity contribution in [3.63, 3.8) is 0 Å². The molecule has 0 fully saturated rings. The number of benzene rings is 2. The van der Waals surface area contributed by atoms with Crippen molar-refractivity contribution in [2.45, 2.75) is 20.3 Å². The fourth-order valence-corrected chi connectivity index (χ4v) is 2.21. The largest absolute Gasteiger partial charge is 0.494 e. The number of hydrogen-bond acceptors (Lipinski definition) is 5. The van der Waals surface area contributed by atoms with E-state index in [4.69, 9.17) is 9.47 Å². The number of methoxy groups -OCH3 is 1. The second kappa shape index (κ2) is 8.84. The molecule has 0 aliphatic rings. The molecule has 1 N–H and O–H groups in total. The van der Waals surface area contributed by atoms with E-state index in [2.05, 4.69) is 19.2 Å². The summed E-state index contributed by atoms with van der Waals surface area (Å²) in [6.45, 7) is 4.88. The van der Waals surface area contributed by atoms with E-state index in [0.717, 1.165) is 6.42 Å². The smallest absolute Gasteiger partial charge is 0.273 e. The molecule has 2 aromatic carbocycles. The molecule has 2 rings (SSSR count). The zero-order valence-electron chi connectivity index (χ0n) is 15.0. The molecule has 0 aliphatic heterocycles. The zero-order chi connectivity index (χ0) is 19.1. The number of ether oxygens (including phenoxy) is 2. The van der Waals surface area contributed by atoms with Gasteiger partial charge in [0.15, 0.2) is 0 Å². The lowest BCUT2D eigenvalue weighted by atomic mass is 10.1. The van der Waals surface area contributed by atoms with Crippen molar-refractivity contribution in [1.82, 2.24) is 0 Å². The Morgan fingerprint density at radius 3 is 2.46 bits per heavy atom. The second-order valence-corrected chi connectivity index (χ2v) is 6.15. The average molecular weight is 358 g/mol. The van der Waals surface area contributed by atoms with Crippen LogP contribution in [0.5, 0.6) is 11.5 Å². The molecule has 0 spiro atoms. The highest BCUT2D eigenvalue weighted by molar-refractivity contribution is 6.05. The predicted molar refractivity (Wildman–Crippen MR) is 99.0 cm³/mol. The fraction of sp³-hybridized carbons (Fsp3) is 0.316. The van der Waals surface area contributed by atoms with Crippen LogP contribution in [0, 0.1) is 16.0 Å². The van der Waals surface area contributed by atoms with E-state index in [0.29, 0.717) is 29.5 Å². The summed E-state index contributed by atoms with van der Waals surface area (Å²) in [7, 11) is 1.39. The molecule has 0 heterocycles. The summed E-state index contributed by atoms with van der Waals surface area (Å²) in [5.41, 5.74) is 0.699. The van der Waals surface area contributed by atoms with Crippen molar-refractivity contribution in [3.05, 3.63) is 58.1 Å². The number of amides is 1. The van der Waals surface area contributed by atoms with Crippen molar-refractivity contribution in [2.75, 3.05) is 19.0 Å². The van der Waals surface area contributed by atoms with Gasteiger partial charge in [0.1, 0.15) is 11.5 Å². The first kappa shape index (κ1) is 19.2. The van der Waals surface area contributed by atoms with Gasteiger partial charge in [-0.25, -0.2) is 0 Å². The van der Waals surface area contributed by atoms with Crippen LogP contribution in [0.3, 0.4) is 0 Å². The van der Waals surface area contributed by atoms with Gasteiger partial charge in [0, 0.05) is 11.6 Å². The topological polar surface area (TPSA) is 90.7 Å². The molecule has 1 amide bonds. The molecular formula is C19H22N2O5. The summed E-state index contributed by atoms with van der Waals surface area (Å²) in [5, 5.41) is 13.5. The average Bonchev–Trinajstić information content (AvgIpc) is 2.62. The summed E-state index contributed by atoms with van der Waals surface area (Å²) in [5.74, 6) is 1.15. The SMILES string of the molecule is COc1cc([N+](=O)[O-])ccc1NC(=O)c1ccc(OCCC(C)C)cc1. The van der Waals surface area contributed by atoms with E-state index < -0.39 is 4.92 Å². The molecule has 0 aromatic heterocycles. The standard InChI is InChI=1S/C19H22N2O5/c1-13(2)10-11-26-16-7-4-14(5-8-16)19(22)20-17-9-6-15(21(23)24)12-18(17)25-3/h4-9,12-13H,10-11H2,1-3H3,(H,20,22). The first-order valence-electron chi connectivity index (χ1n) is 8.27. The van der Waals surface area contributed by atoms with E-state index in [1.807, 2.05) is 0 Å². The third-order valence-electron chi connectivity index (χ3n) is 3.72. The number of nitro benzene ring substituents is 1. The van der Waals surface area contributed by atoms with Gasteiger partial charge in [-0.15, -0.1) is 0 Å². The van der Waals surface area contributed by atoms with Gasteiger partial charge in [-0.3, -0.25) is 14.9 Å². The van der Waals surface area contributed by atoms with Gasteiger partial charge in [0.2, 0.25) is 0 Å². The second-order valence-electron chi connectivity index (χ2n) is 6.15. The van der Waals surface area contributed by atoms with Crippen molar-refractivity contribution in [2.24, 2.45) is 5.92 Å². The van der Waals surface area contributed by atoms with Crippen LogP contribution < -0.4 is 14.8 Å². The first-order chi connectivity index (χ1) is 12.4. The molecule has 0 saturated carbocycles. The van der Waals surface area contributed by atoms with Gasteiger partial charge in [0.25, 0.3) is 11.6 Å². The molecule has 26 heavy (non-hydrogen) atoms. The van der Waals surface area contributed by atoms with E-state index in [9.17, 15) is 14.9 Å². The van der Waals surface area contributed by atoms with Crippen molar-refractivity contribution in [3.8, 4) is 11.5 Å². The minimum absolute atomic E-state index is 0.109. The molecule has 0 bridgehead atoms. The Kier molecular flexibility index (Phi) is 6.54. The number of hydrogen-bond donors (Lipinski definition) is 1. The van der Waals surface area contributed by atoms with E-state index in [1.165, 1.54) is 25.3 Å². The highest BCUT2D eigenvalue weighted by atomic mass is 16.6. The number of nitrogens with zero attached hydrogens (tertiary/aromatic N) is 1. The molecule has 7 nitrogen and oxygen atoms in total. The lowest BCUT2D eigenvalue weighted by molar-refractivity contribution is -0.384. The molecule has 2 aromatic rings. The molecule has 138 valence electrons. The summed E-state index contributed by atoms with van der Waals surface area (Å²) >= 11 is 0. The normalized spacial score (nSPS) is 10.5. The summed E-state index contributed by atoms with van der Waals surface area (Å²) in [6, 6.07) is 10.8. The number of carbonyl (C=O) groups excluding carboxylic acids is 1. The maximum Gasteiger partial charge on any atom is 0.273 e. The van der Waals surface area contributed by atoms with Gasteiger partial charge in [-0.2, -0.15) is 0 Å². The number of non-ortho nitro benzene ring substituents is 1. The maximum absolute atomic E-state index is 12.4. The van der Waals surface area contributed by atoms with Crippen LogP contribution in [0.25, 0.3) is 0 Å². The fourth-order valence-electron chi connectivity index (χ4n) is 2.21. The molecule has 0 saturated heterocycles. The minimum atomic E-state index is -0.522. The number of carbonyl (C=O) groups is 1. The summed E-state index contributed by atoms with van der Waals surface area (Å²) in [6.07, 6.45) is 0.960. The van der Waals surface area contributed by atoms with Gasteiger partial charge in [0.05, 0.1) is 30.4 Å². The van der Waals surface area contributed by atoms with Crippen molar-refractivity contribution in [1.29, 1.82) is 0 Å². The Hall–Kier alpha value is -3.09. The highest BCUT2D eigenvalue weighted by Gasteiger charge is 2.14. The maximum atomic E-state index is 12.4. The molecular weight excluding hydrogens is 336 g/mol. The van der Waals surface area contributed by atoms with Crippen molar-refractivity contribution < 1.29 is 19.2 Å². The Labute approximate surface area is 152 Å². The highest BCUT2D eigenvalue weighted by Crippen LogP contribution is 2.29. The van der Waals surface area contributed by atoms with Crippen LogP contribution >= 0.6 is 0 Å². The van der Waals surface area contributed by atoms with Crippen molar-refractivity contribution >= 4 is 17.3 Å². The van der Waals surface area contributed by atoms with Crippen LogP contribution in [0.1, 0.15) is 30.6 Å². The van der Waals surface area contributed by atoms with E-state index >= 15 is 0 Å². The quantitative estimate of drug-likeness (QED) is 0.562. The Morgan fingerprint density at radius 1 is 1.19 bits per heavy atom. The monoisotopic (exact) mass is 358 g/mol. The van der Waals surface area contributed by atoms with Crippen LogP contribution in [0.15, 0.2) is 42.5 Å². The van der Waals surface area contributed by atoms with E-state index in [1.54, 1.807) is 24.3 Å². The lowest BCUT2D eigenvalue weighted by Gasteiger charge is -2.11. The summed E-state index contributed by atoms with van der Waals surface area (Å²) < 4.78 is 10.7. The molecule has 7 heteroatoms. The van der Waals surface area contributed by atoms with Gasteiger partial charge >= 0.3 is 0 Å². The van der Waals surface area contributed by atoms with Crippen LogP contribution in [0.2, 0.25) is 0 Å². The molecule has 0 radical (unpaired) electrons. The molecule has 0 unspecified atom stereocenters. The molecule has 0 atom stereocenters. The van der Waals surface area contributed by atoms with Crippen LogP contribution in [-0.4, -0.2) is 24.5 Å². The van der Waals surface area contributed by atoms with Gasteiger partial charge in [-0.05, 0) is 42.7 Å². The molecule has 0 aliphatic carbocycles. The Balaban J connectivity index is 2.04. The number of anilines is 1. The third kappa shape index (κ3) is 5.20. The predicted octanol–water partition coefficient (Wildman–Crippen LogP) is 4.28. The Morgan fingerprint density at radius 2 is 1.88 bits per heavy atom. The summed E-state index contributed by atoms with van der Waals surface area (Å²) in [4.78, 5) is 22.7. The van der Waals surface area contributed by atoms with Gasteiger partial charge < -0.3 is 14.8 Å². The van der Waals surface area contributed by atoms with Crippen LogP contribution in [0.4, 0.5) is 11.4 Å². The number of nitro groups is 1. The van der Waals surface area contributed by atoms with Crippen LogP contribution in [-0.2, 0) is 0 Å². The zero-order valence-corrected chi connectivity index (χ0v) is 15.0. The number of rotatable bonds is 8. The van der Waals surface area contributed by atoms with Gasteiger partial charge in [-0.1, -0.05) is 13.8 Å². The minimum Gasteiger partial charge on any atom is -0.494 e. The lowest BCUT2D eigenvalue weighted by Crippen LogP contribution is -2.12.